The minimum absolute atomic E-state index is 0.110. The first-order chi connectivity index (χ1) is 10.1. The fourth-order valence-corrected chi connectivity index (χ4v) is 1.88. The minimum atomic E-state index is -0.354. The maximum absolute atomic E-state index is 11.5. The lowest BCUT2D eigenvalue weighted by Crippen LogP contribution is -2.24. The number of phenols is 1. The summed E-state index contributed by atoms with van der Waals surface area (Å²) in [5.74, 6) is 0.416. The molecule has 1 amide bonds. The Morgan fingerprint density at radius 3 is 2.76 bits per heavy atom. The van der Waals surface area contributed by atoms with E-state index in [-0.39, 0.29) is 18.3 Å². The molecule has 0 aromatic heterocycles. The fraction of sp³-hybridized carbons (Fsp3) is 0.0667. The van der Waals surface area contributed by atoms with Crippen molar-refractivity contribution < 1.29 is 14.6 Å². The van der Waals surface area contributed by atoms with Crippen LogP contribution >= 0.6 is 15.9 Å². The van der Waals surface area contributed by atoms with Crippen LogP contribution in [0.15, 0.2) is 58.1 Å². The van der Waals surface area contributed by atoms with Gasteiger partial charge in [-0.1, -0.05) is 18.2 Å². The molecule has 2 aromatic rings. The molecule has 0 bridgehead atoms. The van der Waals surface area contributed by atoms with Crippen LogP contribution in [0.3, 0.4) is 0 Å². The summed E-state index contributed by atoms with van der Waals surface area (Å²) < 4.78 is 5.84. The van der Waals surface area contributed by atoms with Crippen molar-refractivity contribution in [2.24, 2.45) is 5.10 Å². The van der Waals surface area contributed by atoms with Crippen LogP contribution in [-0.4, -0.2) is 23.8 Å². The Morgan fingerprint density at radius 2 is 2.05 bits per heavy atom. The second kappa shape index (κ2) is 7.44. The number of hydrogen-bond acceptors (Lipinski definition) is 4. The summed E-state index contributed by atoms with van der Waals surface area (Å²) in [6.07, 6.45) is 1.48. The van der Waals surface area contributed by atoms with Gasteiger partial charge in [-0.15, -0.1) is 0 Å². The topological polar surface area (TPSA) is 70.9 Å². The van der Waals surface area contributed by atoms with E-state index in [0.29, 0.717) is 10.2 Å². The van der Waals surface area contributed by atoms with Gasteiger partial charge in [0.15, 0.2) is 6.61 Å². The third-order valence-electron chi connectivity index (χ3n) is 2.49. The molecule has 5 nitrogen and oxygen atoms in total. The summed E-state index contributed by atoms with van der Waals surface area (Å²) >= 11 is 3.20. The van der Waals surface area contributed by atoms with Crippen LogP contribution in [0.4, 0.5) is 0 Å². The van der Waals surface area contributed by atoms with Crippen molar-refractivity contribution >= 4 is 28.1 Å². The third-order valence-corrected chi connectivity index (χ3v) is 3.12. The van der Waals surface area contributed by atoms with Crippen LogP contribution in [0.5, 0.6) is 11.5 Å². The van der Waals surface area contributed by atoms with Gasteiger partial charge >= 0.3 is 0 Å². The monoisotopic (exact) mass is 348 g/mol. The van der Waals surface area contributed by atoms with E-state index in [9.17, 15) is 9.90 Å². The standard InChI is InChI=1S/C15H13BrN2O3/c16-13-8-11(6-7-14(13)19)9-17-18-15(20)10-21-12-4-2-1-3-5-12/h1-9,19H,10H2,(H,18,20)/b17-9-. The van der Waals surface area contributed by atoms with Crippen molar-refractivity contribution in [2.45, 2.75) is 0 Å². The van der Waals surface area contributed by atoms with Crippen LogP contribution in [0.25, 0.3) is 0 Å². The normalized spacial score (nSPS) is 10.5. The molecule has 108 valence electrons. The van der Waals surface area contributed by atoms with Gasteiger partial charge in [0.05, 0.1) is 10.7 Å². The maximum Gasteiger partial charge on any atom is 0.277 e. The van der Waals surface area contributed by atoms with E-state index in [1.807, 2.05) is 18.2 Å². The Kier molecular flexibility index (Phi) is 5.34. The Bertz CT molecular complexity index is 645. The zero-order chi connectivity index (χ0) is 15.1. The van der Waals surface area contributed by atoms with E-state index in [1.165, 1.54) is 12.3 Å². The van der Waals surface area contributed by atoms with E-state index in [2.05, 4.69) is 26.5 Å². The fourth-order valence-electron chi connectivity index (χ4n) is 1.48. The Morgan fingerprint density at radius 1 is 1.29 bits per heavy atom. The molecule has 2 rings (SSSR count). The van der Waals surface area contributed by atoms with Crippen LogP contribution in [0.2, 0.25) is 0 Å². The number of carbonyl (C=O) groups excluding carboxylic acids is 1. The van der Waals surface area contributed by atoms with Gasteiger partial charge in [0.1, 0.15) is 11.5 Å². The number of hydrazone groups is 1. The first-order valence-corrected chi connectivity index (χ1v) is 6.93. The molecule has 0 aliphatic carbocycles. The Labute approximate surface area is 130 Å². The molecule has 2 N–H and O–H groups in total. The molecular weight excluding hydrogens is 336 g/mol. The lowest BCUT2D eigenvalue weighted by atomic mass is 10.2. The van der Waals surface area contributed by atoms with Crippen molar-refractivity contribution in [1.82, 2.24) is 5.43 Å². The molecule has 2 aromatic carbocycles. The summed E-state index contributed by atoms with van der Waals surface area (Å²) in [6, 6.07) is 14.0. The summed E-state index contributed by atoms with van der Waals surface area (Å²) in [4.78, 5) is 11.5. The molecule has 21 heavy (non-hydrogen) atoms. The average molecular weight is 349 g/mol. The smallest absolute Gasteiger partial charge is 0.277 e. The van der Waals surface area contributed by atoms with Crippen molar-refractivity contribution in [3.63, 3.8) is 0 Å². The van der Waals surface area contributed by atoms with Crippen LogP contribution in [-0.2, 0) is 4.79 Å². The van der Waals surface area contributed by atoms with Crippen LogP contribution < -0.4 is 10.2 Å². The number of halogens is 1. The third kappa shape index (κ3) is 4.92. The molecule has 0 aliphatic heterocycles. The minimum Gasteiger partial charge on any atom is -0.507 e. The zero-order valence-corrected chi connectivity index (χ0v) is 12.6. The number of nitrogens with one attached hydrogen (secondary N) is 1. The Hall–Kier alpha value is -2.34. The zero-order valence-electron chi connectivity index (χ0n) is 11.0. The predicted molar refractivity (Wildman–Crippen MR) is 83.5 cm³/mol. The molecule has 0 aliphatic rings. The number of aromatic hydroxyl groups is 1. The number of carbonyl (C=O) groups is 1. The van der Waals surface area contributed by atoms with Crippen molar-refractivity contribution in [2.75, 3.05) is 6.61 Å². The van der Waals surface area contributed by atoms with E-state index >= 15 is 0 Å². The van der Waals surface area contributed by atoms with Crippen molar-refractivity contribution in [3.8, 4) is 11.5 Å². The molecule has 0 atom stereocenters. The van der Waals surface area contributed by atoms with E-state index < -0.39 is 0 Å². The number of hydrogen-bond donors (Lipinski definition) is 2. The van der Waals surface area contributed by atoms with Gasteiger partial charge in [-0.3, -0.25) is 4.79 Å². The number of para-hydroxylation sites is 1. The number of nitrogens with zero attached hydrogens (tertiary/aromatic N) is 1. The molecule has 0 saturated carbocycles. The molecule has 0 spiro atoms. The highest BCUT2D eigenvalue weighted by Crippen LogP contribution is 2.23. The molecule has 0 heterocycles. The molecule has 6 heteroatoms. The highest BCUT2D eigenvalue weighted by molar-refractivity contribution is 9.10. The number of ether oxygens (including phenoxy) is 1. The van der Waals surface area contributed by atoms with Gasteiger partial charge in [-0.2, -0.15) is 5.10 Å². The van der Waals surface area contributed by atoms with Gasteiger partial charge in [0.25, 0.3) is 5.91 Å². The number of phenolic OH excluding ortho intramolecular Hbond substituents is 1. The molecule has 0 unspecified atom stereocenters. The molecule has 0 saturated heterocycles. The summed E-state index contributed by atoms with van der Waals surface area (Å²) in [5, 5.41) is 13.2. The van der Waals surface area contributed by atoms with Crippen molar-refractivity contribution in [1.29, 1.82) is 0 Å². The number of rotatable bonds is 5. The Balaban J connectivity index is 1.80. The van der Waals surface area contributed by atoms with Gasteiger partial charge in [-0.05, 0) is 51.8 Å². The highest BCUT2D eigenvalue weighted by atomic mass is 79.9. The SMILES string of the molecule is O=C(COc1ccccc1)N/N=C\c1ccc(O)c(Br)c1. The van der Waals surface area contributed by atoms with Crippen LogP contribution in [0, 0.1) is 0 Å². The summed E-state index contributed by atoms with van der Waals surface area (Å²) in [6.45, 7) is -0.110. The quantitative estimate of drug-likeness (QED) is 0.644. The van der Waals surface area contributed by atoms with Gasteiger partial charge in [0.2, 0.25) is 0 Å². The van der Waals surface area contributed by atoms with E-state index in [4.69, 9.17) is 4.74 Å². The maximum atomic E-state index is 11.5. The second-order valence-corrected chi connectivity index (χ2v) is 4.96. The van der Waals surface area contributed by atoms with Gasteiger partial charge in [0, 0.05) is 0 Å². The van der Waals surface area contributed by atoms with E-state index in [0.717, 1.165) is 5.56 Å². The molecular formula is C15H13BrN2O3. The van der Waals surface area contributed by atoms with Gasteiger partial charge in [-0.25, -0.2) is 5.43 Å². The van der Waals surface area contributed by atoms with Crippen molar-refractivity contribution in [3.05, 3.63) is 58.6 Å². The van der Waals surface area contributed by atoms with Gasteiger partial charge < -0.3 is 9.84 Å². The van der Waals surface area contributed by atoms with Crippen LogP contribution in [0.1, 0.15) is 5.56 Å². The molecule has 0 fully saturated rings. The lowest BCUT2D eigenvalue weighted by Gasteiger charge is -2.04. The summed E-state index contributed by atoms with van der Waals surface area (Å²) in [7, 11) is 0. The molecule has 0 radical (unpaired) electrons. The number of amides is 1. The first-order valence-electron chi connectivity index (χ1n) is 6.13. The average Bonchev–Trinajstić information content (AvgIpc) is 2.50. The predicted octanol–water partition coefficient (Wildman–Crippen LogP) is 2.68. The second-order valence-electron chi connectivity index (χ2n) is 4.11. The summed E-state index contributed by atoms with van der Waals surface area (Å²) in [5.41, 5.74) is 3.10. The first kappa shape index (κ1) is 15.1. The lowest BCUT2D eigenvalue weighted by molar-refractivity contribution is -0.123. The largest absolute Gasteiger partial charge is 0.507 e. The number of benzene rings is 2. The highest BCUT2D eigenvalue weighted by Gasteiger charge is 2.01. The van der Waals surface area contributed by atoms with E-state index in [1.54, 1.807) is 24.3 Å².